The molecule has 19 rings (SSSR count). The molecule has 12 aromatic carbocycles. The highest BCUT2D eigenvalue weighted by Gasteiger charge is 2.33. The first kappa shape index (κ1) is 46.5. The van der Waals surface area contributed by atoms with Gasteiger partial charge in [-0.1, -0.05) is 170 Å². The van der Waals surface area contributed by atoms with Crippen LogP contribution in [0, 0.1) is 6.57 Å². The van der Waals surface area contributed by atoms with Crippen molar-refractivity contribution in [2.24, 2.45) is 0 Å². The van der Waals surface area contributed by atoms with Gasteiger partial charge >= 0.3 is 0 Å². The van der Waals surface area contributed by atoms with Crippen molar-refractivity contribution in [1.82, 2.24) is 28.7 Å². The van der Waals surface area contributed by atoms with E-state index in [0.29, 0.717) is 40.1 Å². The highest BCUT2D eigenvalue weighted by Crippen LogP contribution is 2.52. The lowest BCUT2D eigenvalue weighted by atomic mass is 10.0. The molecule has 86 heavy (non-hydrogen) atoms. The van der Waals surface area contributed by atoms with Crippen molar-refractivity contribution in [1.29, 1.82) is 0 Å². The molecule has 0 atom stereocenters. The molecule has 19 aromatic rings. The smallest absolute Gasteiger partial charge is 0.213 e. The predicted octanol–water partition coefficient (Wildman–Crippen LogP) is 20.4. The van der Waals surface area contributed by atoms with Gasteiger partial charge in [-0.3, -0.25) is 0 Å². The fraction of sp³-hybridized carbons (Fsp3) is 0. The molecule has 10 nitrogen and oxygen atoms in total. The van der Waals surface area contributed by atoms with Gasteiger partial charge in [0.2, 0.25) is 5.69 Å². The summed E-state index contributed by atoms with van der Waals surface area (Å²) in [6, 6.07) is 85.5. The zero-order valence-corrected chi connectivity index (χ0v) is 45.5. The Morgan fingerprint density at radius 1 is 0.291 bits per heavy atom. The largest absolute Gasteiger partial charge is 0.455 e. The van der Waals surface area contributed by atoms with Crippen molar-refractivity contribution < 1.29 is 13.3 Å². The van der Waals surface area contributed by atoms with E-state index in [1.54, 1.807) is 0 Å². The number of hydrogen-bond donors (Lipinski definition) is 0. The standard InChI is InChI=1S/C76H41N7O3/c1-77-55-42-54(76-79-74(43-20-4-2-5-21-43)78-75(80-76)44-22-6-3-7-23-44)68(81-56-30-14-8-27-51(56)65-59(81)39-36-48-45-24-11-17-33-62(45)84-71(48)65)70(83-58-32-16-10-29-53(58)67-61(83)41-38-50-47-26-13-19-35-64(47)86-73(50)67)69(55)82-57-31-15-9-28-52(57)66-60(82)40-37-49-46-25-12-18-34-63(46)85-72(49)66/h2-42H. The minimum Gasteiger partial charge on any atom is -0.455 e. The number of fused-ring (bicyclic) bond motifs is 21. The Labute approximate surface area is 487 Å². The van der Waals surface area contributed by atoms with Gasteiger partial charge in [-0.05, 0) is 78.9 Å². The second kappa shape index (κ2) is 17.5. The summed E-state index contributed by atoms with van der Waals surface area (Å²) in [4.78, 5) is 21.0. The van der Waals surface area contributed by atoms with Crippen molar-refractivity contribution in [3.05, 3.63) is 260 Å². The summed E-state index contributed by atoms with van der Waals surface area (Å²) < 4.78 is 28.0. The van der Waals surface area contributed by atoms with Crippen molar-refractivity contribution in [2.45, 2.75) is 0 Å². The van der Waals surface area contributed by atoms with E-state index in [1.165, 1.54) is 0 Å². The molecule has 10 heteroatoms. The van der Waals surface area contributed by atoms with Crippen molar-refractivity contribution in [3.8, 4) is 51.2 Å². The topological polar surface area (TPSA) is 97.2 Å². The van der Waals surface area contributed by atoms with E-state index in [1.807, 2.05) is 103 Å². The van der Waals surface area contributed by atoms with Gasteiger partial charge in [0.15, 0.2) is 17.5 Å². The predicted molar refractivity (Wildman–Crippen MR) is 347 cm³/mol. The second-order valence-electron chi connectivity index (χ2n) is 22.0. The maximum Gasteiger partial charge on any atom is 0.213 e. The Morgan fingerprint density at radius 2 is 0.628 bits per heavy atom. The highest BCUT2D eigenvalue weighted by molar-refractivity contribution is 6.28. The van der Waals surface area contributed by atoms with Gasteiger partial charge in [0, 0.05) is 65.2 Å². The van der Waals surface area contributed by atoms with Crippen LogP contribution in [0.3, 0.4) is 0 Å². The zero-order chi connectivity index (χ0) is 56.3. The lowest BCUT2D eigenvalue weighted by molar-refractivity contribution is 0.672. The van der Waals surface area contributed by atoms with E-state index in [9.17, 15) is 6.57 Å². The molecule has 0 radical (unpaired) electrons. The molecule has 0 N–H and O–H groups in total. The number of para-hydroxylation sites is 6. The summed E-state index contributed by atoms with van der Waals surface area (Å²) in [6.45, 7) is 9.69. The number of furan rings is 3. The monoisotopic (exact) mass is 1100 g/mol. The first-order valence-corrected chi connectivity index (χ1v) is 28.6. The third kappa shape index (κ3) is 6.34. The molecule has 398 valence electrons. The summed E-state index contributed by atoms with van der Waals surface area (Å²) >= 11 is 0. The van der Waals surface area contributed by atoms with Crippen molar-refractivity contribution >= 4 is 137 Å². The van der Waals surface area contributed by atoms with E-state index in [2.05, 4.69) is 164 Å². The SMILES string of the molecule is [C-]#[N+]c1cc(-c2nc(-c3ccccc3)nc(-c3ccccc3)n2)c(-n2c3ccccc3c3c4oc5ccccc5c4ccc32)c(-n2c3ccccc3c3c4oc5ccccc5c4ccc32)c1-n1c2ccccc2c2c3oc4ccccc4c3ccc21. The van der Waals surface area contributed by atoms with Crippen LogP contribution < -0.4 is 0 Å². The first-order valence-electron chi connectivity index (χ1n) is 28.6. The van der Waals surface area contributed by atoms with Crippen LogP contribution in [0.5, 0.6) is 0 Å². The molecule has 0 amide bonds. The van der Waals surface area contributed by atoms with Gasteiger partial charge in [0.1, 0.15) is 33.5 Å². The third-order valence-corrected chi connectivity index (χ3v) is 17.5. The summed E-state index contributed by atoms with van der Waals surface area (Å²) in [5, 5.41) is 11.9. The summed E-state index contributed by atoms with van der Waals surface area (Å²) in [5.74, 6) is 1.36. The fourth-order valence-electron chi connectivity index (χ4n) is 13.9. The number of hydrogen-bond acceptors (Lipinski definition) is 6. The molecule has 0 saturated heterocycles. The lowest BCUT2D eigenvalue weighted by Crippen LogP contribution is -2.12. The lowest BCUT2D eigenvalue weighted by Gasteiger charge is -2.26. The van der Waals surface area contributed by atoms with Crippen LogP contribution >= 0.6 is 0 Å². The number of rotatable bonds is 6. The summed E-state index contributed by atoms with van der Waals surface area (Å²) in [6.07, 6.45) is 0. The van der Waals surface area contributed by atoms with Gasteiger partial charge in [0.05, 0.1) is 72.9 Å². The number of benzene rings is 12. The highest BCUT2D eigenvalue weighted by atomic mass is 16.3. The van der Waals surface area contributed by atoms with Crippen molar-refractivity contribution in [3.63, 3.8) is 0 Å². The van der Waals surface area contributed by atoms with Crippen LogP contribution in [0.2, 0.25) is 0 Å². The van der Waals surface area contributed by atoms with Gasteiger partial charge in [-0.25, -0.2) is 19.8 Å². The Kier molecular flexibility index (Phi) is 9.46. The van der Waals surface area contributed by atoms with Gasteiger partial charge in [-0.2, -0.15) is 0 Å². The molecule has 0 bridgehead atoms. The number of nitrogens with zero attached hydrogens (tertiary/aromatic N) is 7. The average Bonchev–Trinajstić information content (AvgIpc) is 1.80. The minimum absolute atomic E-state index is 0.366. The quantitative estimate of drug-likeness (QED) is 0.154. The van der Waals surface area contributed by atoms with Gasteiger partial charge in [0.25, 0.3) is 0 Å². The third-order valence-electron chi connectivity index (χ3n) is 17.5. The Balaban J connectivity index is 1.08. The Hall–Kier alpha value is -12.1. The molecule has 0 aliphatic carbocycles. The molecule has 7 heterocycles. The molecule has 0 spiro atoms. The molecule has 0 unspecified atom stereocenters. The first-order chi connectivity index (χ1) is 42.6. The summed E-state index contributed by atoms with van der Waals surface area (Å²) in [5.41, 5.74) is 14.7. The van der Waals surface area contributed by atoms with Crippen LogP contribution in [-0.4, -0.2) is 28.7 Å². The zero-order valence-electron chi connectivity index (χ0n) is 45.5. The second-order valence-corrected chi connectivity index (χ2v) is 22.0. The normalized spacial score (nSPS) is 12.2. The van der Waals surface area contributed by atoms with E-state index in [0.717, 1.165) is 148 Å². The molecule has 7 aromatic heterocycles. The Bertz CT molecular complexity index is 6110. The van der Waals surface area contributed by atoms with E-state index < -0.39 is 0 Å². The van der Waals surface area contributed by atoms with Crippen LogP contribution in [-0.2, 0) is 0 Å². The van der Waals surface area contributed by atoms with Gasteiger partial charge in [-0.15, -0.1) is 0 Å². The minimum atomic E-state index is 0.366. The Morgan fingerprint density at radius 3 is 1.03 bits per heavy atom. The molecule has 0 aliphatic heterocycles. The van der Waals surface area contributed by atoms with Crippen LogP contribution in [0.25, 0.3) is 187 Å². The molecular formula is C76H41N7O3. The van der Waals surface area contributed by atoms with Gasteiger partial charge < -0.3 is 27.0 Å². The average molecular weight is 1100 g/mol. The van der Waals surface area contributed by atoms with Crippen LogP contribution in [0.15, 0.2) is 262 Å². The van der Waals surface area contributed by atoms with E-state index >= 15 is 0 Å². The fourth-order valence-corrected chi connectivity index (χ4v) is 13.9. The molecule has 0 fully saturated rings. The van der Waals surface area contributed by atoms with Crippen LogP contribution in [0.1, 0.15) is 0 Å². The maximum atomic E-state index is 9.69. The summed E-state index contributed by atoms with van der Waals surface area (Å²) in [7, 11) is 0. The molecular weight excluding hydrogens is 1060 g/mol. The molecule has 0 aliphatic rings. The molecule has 0 saturated carbocycles. The van der Waals surface area contributed by atoms with E-state index in [4.69, 9.17) is 28.2 Å². The number of aromatic nitrogens is 6. The van der Waals surface area contributed by atoms with Crippen LogP contribution in [0.4, 0.5) is 5.69 Å². The maximum absolute atomic E-state index is 9.69. The van der Waals surface area contributed by atoms with E-state index in [-0.39, 0.29) is 0 Å². The van der Waals surface area contributed by atoms with Crippen molar-refractivity contribution in [2.75, 3.05) is 0 Å².